The van der Waals surface area contributed by atoms with E-state index in [-0.39, 0.29) is 17.5 Å². The summed E-state index contributed by atoms with van der Waals surface area (Å²) in [6, 6.07) is 2.74. The Bertz CT molecular complexity index is 391. The third-order valence-electron chi connectivity index (χ3n) is 4.20. The fourth-order valence-electron chi connectivity index (χ4n) is 2.95. The predicted molar refractivity (Wildman–Crippen MR) is 74.1 cm³/mol. The molecule has 0 aromatic carbocycles. The number of likely N-dealkylation sites (tertiary alicyclic amines) is 1. The van der Waals surface area contributed by atoms with E-state index in [1.165, 1.54) is 19.3 Å². The fraction of sp³-hybridized carbons (Fsp3) is 0.733. The van der Waals surface area contributed by atoms with Crippen LogP contribution in [-0.4, -0.2) is 29.4 Å². The molecule has 0 aromatic heterocycles. The second kappa shape index (κ2) is 6.60. The smallest absolute Gasteiger partial charge is 0.263 e. The van der Waals surface area contributed by atoms with Gasteiger partial charge in [-0.25, -0.2) is 0 Å². The zero-order valence-corrected chi connectivity index (χ0v) is 11.7. The molecule has 4 nitrogen and oxygen atoms in total. The number of carbonyl (C=O) groups is 1. The zero-order valence-electron chi connectivity index (χ0n) is 11.7. The average molecular weight is 261 g/mol. The second-order valence-corrected chi connectivity index (χ2v) is 5.69. The van der Waals surface area contributed by atoms with Crippen LogP contribution in [0.2, 0.25) is 0 Å². The van der Waals surface area contributed by atoms with Crippen LogP contribution in [0.1, 0.15) is 51.9 Å². The molecular weight excluding hydrogens is 238 g/mol. The molecule has 1 saturated heterocycles. The fourth-order valence-corrected chi connectivity index (χ4v) is 2.95. The largest absolute Gasteiger partial charge is 0.373 e. The van der Waals surface area contributed by atoms with Crippen molar-refractivity contribution in [2.75, 3.05) is 6.54 Å². The van der Waals surface area contributed by atoms with Crippen molar-refractivity contribution in [3.05, 3.63) is 11.8 Å². The van der Waals surface area contributed by atoms with Gasteiger partial charge in [-0.3, -0.25) is 4.79 Å². The molecular formula is C15H23N3O. The van der Waals surface area contributed by atoms with E-state index < -0.39 is 0 Å². The molecule has 1 N–H and O–H groups in total. The number of nitriles is 1. The standard InChI is InChI=1S/C15H23N3O/c1-12-6-4-5-9-18(12)11-13(10-16)15(19)17-14-7-2-3-8-14/h11-12,14H,2-9H2,1H3,(H,17,19)/b13-11-. The van der Waals surface area contributed by atoms with E-state index in [1.807, 2.05) is 0 Å². The number of hydrogen-bond donors (Lipinski definition) is 1. The van der Waals surface area contributed by atoms with Crippen LogP contribution in [0.5, 0.6) is 0 Å². The van der Waals surface area contributed by atoms with Gasteiger partial charge in [-0.1, -0.05) is 12.8 Å². The minimum Gasteiger partial charge on any atom is -0.373 e. The van der Waals surface area contributed by atoms with E-state index in [0.717, 1.165) is 32.2 Å². The first-order valence-corrected chi connectivity index (χ1v) is 7.39. The molecule has 1 heterocycles. The van der Waals surface area contributed by atoms with Gasteiger partial charge in [-0.05, 0) is 39.0 Å². The molecule has 1 aliphatic carbocycles. The Balaban J connectivity index is 1.97. The summed E-state index contributed by atoms with van der Waals surface area (Å²) in [5.74, 6) is -0.202. The number of nitrogens with one attached hydrogen (secondary N) is 1. The molecule has 0 bridgehead atoms. The van der Waals surface area contributed by atoms with Crippen LogP contribution in [0, 0.1) is 11.3 Å². The molecule has 1 saturated carbocycles. The number of rotatable bonds is 3. The van der Waals surface area contributed by atoms with Gasteiger partial charge >= 0.3 is 0 Å². The highest BCUT2D eigenvalue weighted by molar-refractivity contribution is 5.97. The Hall–Kier alpha value is -1.50. The van der Waals surface area contributed by atoms with Crippen molar-refractivity contribution in [3.8, 4) is 6.07 Å². The number of nitrogens with zero attached hydrogens (tertiary/aromatic N) is 2. The maximum atomic E-state index is 12.1. The molecule has 1 amide bonds. The first-order chi connectivity index (χ1) is 9.20. The summed E-state index contributed by atoms with van der Waals surface area (Å²) in [6.45, 7) is 3.10. The van der Waals surface area contributed by atoms with Crippen LogP contribution in [0.15, 0.2) is 11.8 Å². The van der Waals surface area contributed by atoms with Crippen LogP contribution >= 0.6 is 0 Å². The van der Waals surface area contributed by atoms with Crippen molar-refractivity contribution in [3.63, 3.8) is 0 Å². The lowest BCUT2D eigenvalue weighted by molar-refractivity contribution is -0.117. The Kier molecular flexibility index (Phi) is 4.84. The third-order valence-corrected chi connectivity index (χ3v) is 4.20. The molecule has 2 fully saturated rings. The van der Waals surface area contributed by atoms with E-state index in [2.05, 4.69) is 23.2 Å². The summed E-state index contributed by atoms with van der Waals surface area (Å²) in [4.78, 5) is 14.2. The van der Waals surface area contributed by atoms with Gasteiger partial charge in [0.1, 0.15) is 11.6 Å². The minimum absolute atomic E-state index is 0.202. The van der Waals surface area contributed by atoms with Gasteiger partial charge in [0.2, 0.25) is 0 Å². The summed E-state index contributed by atoms with van der Waals surface area (Å²) in [7, 11) is 0. The zero-order chi connectivity index (χ0) is 13.7. The van der Waals surface area contributed by atoms with E-state index in [4.69, 9.17) is 0 Å². The van der Waals surface area contributed by atoms with Crippen LogP contribution in [0.3, 0.4) is 0 Å². The normalized spacial score (nSPS) is 25.2. The van der Waals surface area contributed by atoms with Gasteiger partial charge in [0.15, 0.2) is 0 Å². The Morgan fingerprint density at radius 2 is 1.95 bits per heavy atom. The van der Waals surface area contributed by atoms with E-state index in [0.29, 0.717) is 6.04 Å². The van der Waals surface area contributed by atoms with Crippen molar-refractivity contribution in [2.24, 2.45) is 0 Å². The highest BCUT2D eigenvalue weighted by Crippen LogP contribution is 2.19. The number of hydrogen-bond acceptors (Lipinski definition) is 3. The lowest BCUT2D eigenvalue weighted by Gasteiger charge is -2.32. The molecule has 0 radical (unpaired) electrons. The summed E-state index contributed by atoms with van der Waals surface area (Å²) in [5.41, 5.74) is 0.251. The Morgan fingerprint density at radius 3 is 2.58 bits per heavy atom. The van der Waals surface area contributed by atoms with Gasteiger partial charge in [0, 0.05) is 24.8 Å². The Morgan fingerprint density at radius 1 is 1.26 bits per heavy atom. The van der Waals surface area contributed by atoms with E-state index in [1.54, 1.807) is 6.20 Å². The molecule has 0 aromatic rings. The Labute approximate surface area is 115 Å². The number of piperidine rings is 1. The van der Waals surface area contributed by atoms with Crippen LogP contribution < -0.4 is 5.32 Å². The summed E-state index contributed by atoms with van der Waals surface area (Å²) >= 11 is 0. The number of amides is 1. The summed E-state index contributed by atoms with van der Waals surface area (Å²) in [5, 5.41) is 12.2. The van der Waals surface area contributed by atoms with Crippen LogP contribution in [0.4, 0.5) is 0 Å². The van der Waals surface area contributed by atoms with Crippen molar-refractivity contribution in [2.45, 2.75) is 64.0 Å². The third kappa shape index (κ3) is 3.73. The van der Waals surface area contributed by atoms with Gasteiger partial charge in [0.05, 0.1) is 0 Å². The summed E-state index contributed by atoms with van der Waals surface area (Å²) in [6.07, 6.45) is 9.73. The van der Waals surface area contributed by atoms with Gasteiger partial charge in [0.25, 0.3) is 5.91 Å². The average Bonchev–Trinajstić information content (AvgIpc) is 2.90. The first-order valence-electron chi connectivity index (χ1n) is 7.39. The van der Waals surface area contributed by atoms with Crippen LogP contribution in [-0.2, 0) is 4.79 Å². The van der Waals surface area contributed by atoms with Gasteiger partial charge in [-0.2, -0.15) is 5.26 Å². The maximum Gasteiger partial charge on any atom is 0.263 e. The van der Waals surface area contributed by atoms with Crippen molar-refractivity contribution < 1.29 is 4.79 Å². The van der Waals surface area contributed by atoms with Gasteiger partial charge < -0.3 is 10.2 Å². The predicted octanol–water partition coefficient (Wildman–Crippen LogP) is 2.33. The van der Waals surface area contributed by atoms with E-state index in [9.17, 15) is 10.1 Å². The molecule has 1 atom stereocenters. The number of carbonyl (C=O) groups excluding carboxylic acids is 1. The molecule has 2 rings (SSSR count). The SMILES string of the molecule is CC1CCCCN1/C=C(/C#N)C(=O)NC1CCCC1. The summed E-state index contributed by atoms with van der Waals surface area (Å²) < 4.78 is 0. The van der Waals surface area contributed by atoms with Crippen molar-refractivity contribution >= 4 is 5.91 Å². The maximum absolute atomic E-state index is 12.1. The lowest BCUT2D eigenvalue weighted by Crippen LogP contribution is -2.36. The van der Waals surface area contributed by atoms with Gasteiger partial charge in [-0.15, -0.1) is 0 Å². The molecule has 4 heteroatoms. The van der Waals surface area contributed by atoms with Crippen molar-refractivity contribution in [1.29, 1.82) is 5.26 Å². The van der Waals surface area contributed by atoms with E-state index >= 15 is 0 Å². The van der Waals surface area contributed by atoms with Crippen molar-refractivity contribution in [1.82, 2.24) is 10.2 Å². The first kappa shape index (κ1) is 13.9. The highest BCUT2D eigenvalue weighted by atomic mass is 16.1. The quantitative estimate of drug-likeness (QED) is 0.626. The monoisotopic (exact) mass is 261 g/mol. The molecule has 104 valence electrons. The molecule has 19 heavy (non-hydrogen) atoms. The molecule has 2 aliphatic rings. The topological polar surface area (TPSA) is 56.1 Å². The minimum atomic E-state index is -0.202. The highest BCUT2D eigenvalue weighted by Gasteiger charge is 2.21. The molecule has 0 spiro atoms. The lowest BCUT2D eigenvalue weighted by atomic mass is 10.0. The molecule has 1 aliphatic heterocycles. The molecule has 1 unspecified atom stereocenters. The second-order valence-electron chi connectivity index (χ2n) is 5.69. The van der Waals surface area contributed by atoms with Crippen LogP contribution in [0.25, 0.3) is 0 Å².